The van der Waals surface area contributed by atoms with E-state index in [0.29, 0.717) is 6.10 Å². The number of ether oxygens (including phenoxy) is 1. The van der Waals surface area contributed by atoms with Crippen molar-refractivity contribution in [2.75, 3.05) is 24.6 Å². The van der Waals surface area contributed by atoms with Gasteiger partial charge in [0.05, 0.1) is 6.10 Å². The van der Waals surface area contributed by atoms with E-state index in [1.165, 1.54) is 11.3 Å². The number of benzene rings is 1. The van der Waals surface area contributed by atoms with Crippen LogP contribution in [0.1, 0.15) is 35.7 Å². The Kier molecular flexibility index (Phi) is 4.37. The van der Waals surface area contributed by atoms with E-state index in [1.807, 2.05) is 12.1 Å². The standard InChI is InChI=1S/C15H21NO2/c1-3-18-14-6-8-16(9-7-14)15-5-4-13(11-17)10-12(15)2/h4-5,10-11,14H,3,6-9H2,1-2H3. The van der Waals surface area contributed by atoms with Gasteiger partial charge in [0.2, 0.25) is 0 Å². The zero-order chi connectivity index (χ0) is 13.0. The number of carbonyl (C=O) groups is 1. The highest BCUT2D eigenvalue weighted by Crippen LogP contribution is 2.25. The first-order chi connectivity index (χ1) is 8.74. The molecule has 0 spiro atoms. The third kappa shape index (κ3) is 2.91. The number of piperidine rings is 1. The summed E-state index contributed by atoms with van der Waals surface area (Å²) in [5, 5.41) is 0. The molecule has 0 aliphatic carbocycles. The molecule has 0 bridgehead atoms. The second-order valence-electron chi connectivity index (χ2n) is 4.81. The van der Waals surface area contributed by atoms with Crippen molar-refractivity contribution in [1.82, 2.24) is 0 Å². The fourth-order valence-corrected chi connectivity index (χ4v) is 2.61. The maximum Gasteiger partial charge on any atom is 0.150 e. The summed E-state index contributed by atoms with van der Waals surface area (Å²) in [7, 11) is 0. The van der Waals surface area contributed by atoms with Gasteiger partial charge in [-0.25, -0.2) is 0 Å². The van der Waals surface area contributed by atoms with Crippen molar-refractivity contribution in [3.63, 3.8) is 0 Å². The van der Waals surface area contributed by atoms with Gasteiger partial charge in [0, 0.05) is 30.9 Å². The Morgan fingerprint density at radius 3 is 2.67 bits per heavy atom. The van der Waals surface area contributed by atoms with Crippen LogP contribution in [0.4, 0.5) is 5.69 Å². The number of aryl methyl sites for hydroxylation is 1. The molecule has 0 aromatic heterocycles. The first-order valence-corrected chi connectivity index (χ1v) is 6.67. The highest BCUT2D eigenvalue weighted by atomic mass is 16.5. The quantitative estimate of drug-likeness (QED) is 0.766. The van der Waals surface area contributed by atoms with Crippen LogP contribution in [0.25, 0.3) is 0 Å². The number of nitrogens with zero attached hydrogens (tertiary/aromatic N) is 1. The summed E-state index contributed by atoms with van der Waals surface area (Å²) in [6.07, 6.45) is 3.49. The summed E-state index contributed by atoms with van der Waals surface area (Å²) >= 11 is 0. The van der Waals surface area contributed by atoms with Crippen molar-refractivity contribution in [2.24, 2.45) is 0 Å². The average molecular weight is 247 g/mol. The molecule has 0 radical (unpaired) electrons. The number of anilines is 1. The maximum atomic E-state index is 10.7. The minimum Gasteiger partial charge on any atom is -0.378 e. The van der Waals surface area contributed by atoms with Crippen LogP contribution >= 0.6 is 0 Å². The Bertz CT molecular complexity index is 409. The predicted molar refractivity (Wildman–Crippen MR) is 73.4 cm³/mol. The lowest BCUT2D eigenvalue weighted by atomic mass is 10.0. The summed E-state index contributed by atoms with van der Waals surface area (Å²) in [6, 6.07) is 5.90. The predicted octanol–water partition coefficient (Wildman–Crippen LogP) is 2.81. The summed E-state index contributed by atoms with van der Waals surface area (Å²) in [4.78, 5) is 13.1. The third-order valence-electron chi connectivity index (χ3n) is 3.54. The van der Waals surface area contributed by atoms with Gasteiger partial charge in [-0.3, -0.25) is 4.79 Å². The summed E-state index contributed by atoms with van der Waals surface area (Å²) in [5.74, 6) is 0. The van der Waals surface area contributed by atoms with Crippen LogP contribution in [0.15, 0.2) is 18.2 Å². The van der Waals surface area contributed by atoms with E-state index < -0.39 is 0 Å². The topological polar surface area (TPSA) is 29.5 Å². The van der Waals surface area contributed by atoms with Gasteiger partial charge in [-0.05, 0) is 50.5 Å². The van der Waals surface area contributed by atoms with Gasteiger partial charge < -0.3 is 9.64 Å². The molecule has 98 valence electrons. The monoisotopic (exact) mass is 247 g/mol. The molecule has 1 aliphatic rings. The Labute approximate surface area is 109 Å². The van der Waals surface area contributed by atoms with Crippen LogP contribution < -0.4 is 4.90 Å². The average Bonchev–Trinajstić information content (AvgIpc) is 2.40. The van der Waals surface area contributed by atoms with Gasteiger partial charge in [-0.1, -0.05) is 0 Å². The Morgan fingerprint density at radius 2 is 2.11 bits per heavy atom. The molecule has 1 aromatic rings. The first kappa shape index (κ1) is 13.1. The second-order valence-corrected chi connectivity index (χ2v) is 4.81. The molecule has 0 atom stereocenters. The lowest BCUT2D eigenvalue weighted by Gasteiger charge is -2.34. The molecule has 1 heterocycles. The zero-order valence-corrected chi connectivity index (χ0v) is 11.2. The molecule has 0 unspecified atom stereocenters. The van der Waals surface area contributed by atoms with E-state index in [1.54, 1.807) is 0 Å². The van der Waals surface area contributed by atoms with E-state index in [0.717, 1.165) is 44.4 Å². The van der Waals surface area contributed by atoms with Crippen molar-refractivity contribution in [3.8, 4) is 0 Å². The number of rotatable bonds is 4. The number of carbonyl (C=O) groups excluding carboxylic acids is 1. The fraction of sp³-hybridized carbons (Fsp3) is 0.533. The lowest BCUT2D eigenvalue weighted by molar-refractivity contribution is 0.0459. The summed E-state index contributed by atoms with van der Waals surface area (Å²) < 4.78 is 5.66. The molecular formula is C15H21NO2. The molecule has 1 fully saturated rings. The first-order valence-electron chi connectivity index (χ1n) is 6.67. The Morgan fingerprint density at radius 1 is 1.39 bits per heavy atom. The van der Waals surface area contributed by atoms with E-state index in [2.05, 4.69) is 24.8 Å². The molecular weight excluding hydrogens is 226 g/mol. The van der Waals surface area contributed by atoms with Crippen LogP contribution in [-0.4, -0.2) is 32.1 Å². The van der Waals surface area contributed by atoms with Gasteiger partial charge in [0.1, 0.15) is 6.29 Å². The second kappa shape index (κ2) is 6.01. The van der Waals surface area contributed by atoms with Crippen molar-refractivity contribution in [1.29, 1.82) is 0 Å². The smallest absolute Gasteiger partial charge is 0.150 e. The Hall–Kier alpha value is -1.35. The van der Waals surface area contributed by atoms with Gasteiger partial charge in [-0.15, -0.1) is 0 Å². The molecule has 3 heteroatoms. The summed E-state index contributed by atoms with van der Waals surface area (Å²) in [6.45, 7) is 6.99. The highest BCUT2D eigenvalue weighted by molar-refractivity contribution is 5.77. The van der Waals surface area contributed by atoms with E-state index in [9.17, 15) is 4.79 Å². The number of hydrogen-bond donors (Lipinski definition) is 0. The maximum absolute atomic E-state index is 10.7. The van der Waals surface area contributed by atoms with Crippen LogP contribution in [0.5, 0.6) is 0 Å². The number of hydrogen-bond acceptors (Lipinski definition) is 3. The van der Waals surface area contributed by atoms with E-state index in [-0.39, 0.29) is 0 Å². The van der Waals surface area contributed by atoms with Crippen LogP contribution in [0, 0.1) is 6.92 Å². The Balaban J connectivity index is 2.03. The van der Waals surface area contributed by atoms with Crippen molar-refractivity contribution >= 4 is 12.0 Å². The van der Waals surface area contributed by atoms with E-state index >= 15 is 0 Å². The zero-order valence-electron chi connectivity index (χ0n) is 11.2. The van der Waals surface area contributed by atoms with Crippen LogP contribution in [0.2, 0.25) is 0 Å². The molecule has 3 nitrogen and oxygen atoms in total. The molecule has 1 aliphatic heterocycles. The van der Waals surface area contributed by atoms with Gasteiger partial charge >= 0.3 is 0 Å². The minimum absolute atomic E-state index is 0.417. The molecule has 0 N–H and O–H groups in total. The molecule has 1 aromatic carbocycles. The minimum atomic E-state index is 0.417. The molecule has 0 amide bonds. The molecule has 1 saturated heterocycles. The number of aldehydes is 1. The molecule has 18 heavy (non-hydrogen) atoms. The largest absolute Gasteiger partial charge is 0.378 e. The van der Waals surface area contributed by atoms with Crippen LogP contribution in [0.3, 0.4) is 0 Å². The third-order valence-corrected chi connectivity index (χ3v) is 3.54. The highest BCUT2D eigenvalue weighted by Gasteiger charge is 2.20. The normalized spacial score (nSPS) is 16.9. The summed E-state index contributed by atoms with van der Waals surface area (Å²) in [5.41, 5.74) is 3.17. The van der Waals surface area contributed by atoms with Gasteiger partial charge in [0.15, 0.2) is 0 Å². The van der Waals surface area contributed by atoms with Gasteiger partial charge in [-0.2, -0.15) is 0 Å². The fourth-order valence-electron chi connectivity index (χ4n) is 2.61. The molecule has 2 rings (SSSR count). The van der Waals surface area contributed by atoms with Crippen molar-refractivity contribution in [2.45, 2.75) is 32.8 Å². The van der Waals surface area contributed by atoms with Crippen molar-refractivity contribution < 1.29 is 9.53 Å². The van der Waals surface area contributed by atoms with E-state index in [4.69, 9.17) is 4.74 Å². The molecule has 0 saturated carbocycles. The van der Waals surface area contributed by atoms with Crippen molar-refractivity contribution in [3.05, 3.63) is 29.3 Å². The SMILES string of the molecule is CCOC1CCN(c2ccc(C=O)cc2C)CC1. The van der Waals surface area contributed by atoms with Crippen LogP contribution in [-0.2, 0) is 4.74 Å². The van der Waals surface area contributed by atoms with Gasteiger partial charge in [0.25, 0.3) is 0 Å². The lowest BCUT2D eigenvalue weighted by Crippen LogP contribution is -2.37.